The lowest BCUT2D eigenvalue weighted by Gasteiger charge is -2.14. The molecule has 0 radical (unpaired) electrons. The minimum atomic E-state index is -5.05. The largest absolute Gasteiger partial charge is 0.463 e. The van der Waals surface area contributed by atoms with Crippen LogP contribution in [0.2, 0.25) is 0 Å². The lowest BCUT2D eigenvalue weighted by molar-refractivity contribution is -0.143. The summed E-state index contributed by atoms with van der Waals surface area (Å²) < 4.78 is 82.2. The molecule has 10 heteroatoms. The molecule has 0 unspecified atom stereocenters. The lowest BCUT2D eigenvalue weighted by atomic mass is 10.0. The Hall–Kier alpha value is -3.30. The van der Waals surface area contributed by atoms with Crippen molar-refractivity contribution in [2.75, 3.05) is 11.9 Å². The number of halogens is 6. The molecule has 0 saturated heterocycles. The molecule has 0 saturated carbocycles. The summed E-state index contributed by atoms with van der Waals surface area (Å²) in [6, 6.07) is 6.36. The van der Waals surface area contributed by atoms with Crippen molar-refractivity contribution in [3.8, 4) is 0 Å². The topological polar surface area (TPSA) is 55.4 Å². The van der Waals surface area contributed by atoms with Gasteiger partial charge in [0.25, 0.3) is 5.91 Å². The van der Waals surface area contributed by atoms with E-state index < -0.39 is 40.9 Å². The normalized spacial score (nSPS) is 12.1. The van der Waals surface area contributed by atoms with Crippen LogP contribution in [0.25, 0.3) is 6.08 Å². The third kappa shape index (κ3) is 6.36. The number of hydrogen-bond donors (Lipinski definition) is 1. The van der Waals surface area contributed by atoms with E-state index in [2.05, 4.69) is 5.32 Å². The van der Waals surface area contributed by atoms with Crippen LogP contribution >= 0.6 is 0 Å². The summed E-state index contributed by atoms with van der Waals surface area (Å²) in [6.45, 7) is 1.85. The van der Waals surface area contributed by atoms with E-state index in [9.17, 15) is 35.9 Å². The maximum absolute atomic E-state index is 12.9. The number of nitrogens with one attached hydrogen (secondary N) is 1. The van der Waals surface area contributed by atoms with Gasteiger partial charge in [-0.1, -0.05) is 12.1 Å². The number of amides is 1. The van der Waals surface area contributed by atoms with Gasteiger partial charge in [-0.15, -0.1) is 0 Å². The van der Waals surface area contributed by atoms with E-state index in [-0.39, 0.29) is 18.4 Å². The zero-order valence-electron chi connectivity index (χ0n) is 15.4. The predicted molar refractivity (Wildman–Crippen MR) is 96.5 cm³/mol. The fraction of sp³-hybridized carbons (Fsp3) is 0.200. The first-order chi connectivity index (χ1) is 13.9. The zero-order chi connectivity index (χ0) is 22.5. The minimum absolute atomic E-state index is 0.0541. The number of benzene rings is 2. The zero-order valence-corrected chi connectivity index (χ0v) is 15.4. The van der Waals surface area contributed by atoms with Gasteiger partial charge in [0, 0.05) is 17.3 Å². The molecule has 0 fully saturated rings. The Morgan fingerprint density at radius 3 is 1.93 bits per heavy atom. The van der Waals surface area contributed by atoms with Crippen molar-refractivity contribution in [3.63, 3.8) is 0 Å². The quantitative estimate of drug-likeness (QED) is 0.384. The first-order valence-corrected chi connectivity index (χ1v) is 8.46. The van der Waals surface area contributed by atoms with Gasteiger partial charge in [0.05, 0.1) is 17.7 Å². The molecule has 2 rings (SSSR count). The SMILES string of the molecule is CCOC(=O)/C=C/c1ccc(NC(=O)c2cc(C(F)(F)F)cc(C(F)(F)F)c2)cc1. The van der Waals surface area contributed by atoms with Crippen molar-refractivity contribution < 1.29 is 40.7 Å². The van der Waals surface area contributed by atoms with E-state index in [0.717, 1.165) is 0 Å². The van der Waals surface area contributed by atoms with Crippen molar-refractivity contribution in [3.05, 3.63) is 70.8 Å². The fourth-order valence-corrected chi connectivity index (χ4v) is 2.32. The van der Waals surface area contributed by atoms with Gasteiger partial charge in [-0.25, -0.2) is 4.79 Å². The van der Waals surface area contributed by atoms with Gasteiger partial charge in [-0.05, 0) is 48.9 Å². The molecule has 2 aromatic carbocycles. The van der Waals surface area contributed by atoms with Gasteiger partial charge in [0.2, 0.25) is 0 Å². The van der Waals surface area contributed by atoms with Crippen LogP contribution in [0, 0.1) is 0 Å². The number of carbonyl (C=O) groups is 2. The highest BCUT2D eigenvalue weighted by Gasteiger charge is 2.37. The Labute approximate surface area is 167 Å². The van der Waals surface area contributed by atoms with Crippen LogP contribution in [0.5, 0.6) is 0 Å². The monoisotopic (exact) mass is 431 g/mol. The van der Waals surface area contributed by atoms with Crippen LogP contribution in [-0.4, -0.2) is 18.5 Å². The molecule has 0 spiro atoms. The molecule has 1 amide bonds. The highest BCUT2D eigenvalue weighted by molar-refractivity contribution is 6.04. The van der Waals surface area contributed by atoms with Gasteiger partial charge in [0.15, 0.2) is 0 Å². The molecule has 0 heterocycles. The van der Waals surface area contributed by atoms with Crippen LogP contribution < -0.4 is 5.32 Å². The lowest BCUT2D eigenvalue weighted by Crippen LogP contribution is -2.17. The molecule has 0 aliphatic heterocycles. The predicted octanol–water partition coefficient (Wildman–Crippen LogP) is 5.55. The van der Waals surface area contributed by atoms with E-state index in [1.807, 2.05) is 0 Å². The number of esters is 1. The van der Waals surface area contributed by atoms with Gasteiger partial charge in [-0.2, -0.15) is 26.3 Å². The molecule has 1 N–H and O–H groups in total. The van der Waals surface area contributed by atoms with Gasteiger partial charge in [0.1, 0.15) is 0 Å². The van der Waals surface area contributed by atoms with Crippen molar-refractivity contribution in [2.45, 2.75) is 19.3 Å². The molecule has 0 atom stereocenters. The number of ether oxygens (including phenoxy) is 1. The van der Waals surface area contributed by atoms with Crippen LogP contribution in [-0.2, 0) is 21.9 Å². The molecule has 160 valence electrons. The summed E-state index contributed by atoms with van der Waals surface area (Å²) in [7, 11) is 0. The van der Waals surface area contributed by atoms with Gasteiger partial charge < -0.3 is 10.1 Å². The summed E-state index contributed by atoms with van der Waals surface area (Å²) in [5.41, 5.74) is -3.26. The van der Waals surface area contributed by atoms with Gasteiger partial charge in [-0.3, -0.25) is 4.79 Å². The average Bonchev–Trinajstić information content (AvgIpc) is 2.66. The highest BCUT2D eigenvalue weighted by atomic mass is 19.4. The van der Waals surface area contributed by atoms with Crippen LogP contribution in [0.1, 0.15) is 34.0 Å². The average molecular weight is 431 g/mol. The summed E-state index contributed by atoms with van der Waals surface area (Å²) in [5, 5.41) is 2.24. The van der Waals surface area contributed by atoms with E-state index >= 15 is 0 Å². The Kier molecular flexibility index (Phi) is 6.91. The second-order valence-electron chi connectivity index (χ2n) is 5.96. The Balaban J connectivity index is 2.22. The van der Waals surface area contributed by atoms with Gasteiger partial charge >= 0.3 is 18.3 Å². The number of rotatable bonds is 5. The molecular weight excluding hydrogens is 416 g/mol. The van der Waals surface area contributed by atoms with Crippen LogP contribution in [0.4, 0.5) is 32.0 Å². The number of hydrogen-bond acceptors (Lipinski definition) is 3. The van der Waals surface area contributed by atoms with E-state index in [1.54, 1.807) is 6.92 Å². The highest BCUT2D eigenvalue weighted by Crippen LogP contribution is 2.36. The first kappa shape index (κ1) is 23.0. The molecule has 0 aliphatic carbocycles. The molecule has 30 heavy (non-hydrogen) atoms. The molecule has 0 aromatic heterocycles. The first-order valence-electron chi connectivity index (χ1n) is 8.46. The summed E-state index contributed by atoms with van der Waals surface area (Å²) in [4.78, 5) is 23.5. The second kappa shape index (κ2) is 9.02. The summed E-state index contributed by atoms with van der Waals surface area (Å²) >= 11 is 0. The summed E-state index contributed by atoms with van der Waals surface area (Å²) in [6.07, 6.45) is -7.49. The fourth-order valence-electron chi connectivity index (χ4n) is 2.32. The minimum Gasteiger partial charge on any atom is -0.463 e. The van der Waals surface area contributed by atoms with Crippen molar-refractivity contribution in [1.82, 2.24) is 0 Å². The molecule has 2 aromatic rings. The Morgan fingerprint density at radius 2 is 1.47 bits per heavy atom. The maximum atomic E-state index is 12.9. The second-order valence-corrected chi connectivity index (χ2v) is 5.96. The van der Waals surface area contributed by atoms with Crippen LogP contribution in [0.3, 0.4) is 0 Å². The van der Waals surface area contributed by atoms with Crippen molar-refractivity contribution >= 4 is 23.6 Å². The molecule has 0 aliphatic rings. The Bertz CT molecular complexity index is 914. The maximum Gasteiger partial charge on any atom is 0.416 e. The number of carbonyl (C=O) groups excluding carboxylic acids is 2. The van der Waals surface area contributed by atoms with E-state index in [0.29, 0.717) is 17.7 Å². The summed E-state index contributed by atoms with van der Waals surface area (Å²) in [5.74, 6) is -1.69. The molecule has 0 bridgehead atoms. The Morgan fingerprint density at radius 1 is 0.933 bits per heavy atom. The van der Waals surface area contributed by atoms with E-state index in [4.69, 9.17) is 4.74 Å². The standard InChI is InChI=1S/C20H15F6NO3/c1-2-30-17(28)8-5-12-3-6-16(7-4-12)27-18(29)13-9-14(19(21,22)23)11-15(10-13)20(24,25)26/h3-11H,2H2,1H3,(H,27,29)/b8-5+. The third-order valence-electron chi connectivity index (χ3n) is 3.72. The molecular formula is C20H15F6NO3. The number of alkyl halides is 6. The van der Waals surface area contributed by atoms with Crippen molar-refractivity contribution in [2.24, 2.45) is 0 Å². The number of anilines is 1. The molecule has 4 nitrogen and oxygen atoms in total. The smallest absolute Gasteiger partial charge is 0.416 e. The van der Waals surface area contributed by atoms with Crippen LogP contribution in [0.15, 0.2) is 48.5 Å². The van der Waals surface area contributed by atoms with E-state index in [1.165, 1.54) is 36.4 Å². The third-order valence-corrected chi connectivity index (χ3v) is 3.72. The van der Waals surface area contributed by atoms with Crippen molar-refractivity contribution in [1.29, 1.82) is 0 Å².